The number of allylic oxidation sites excluding steroid dienone is 2. The summed E-state index contributed by atoms with van der Waals surface area (Å²) in [6.07, 6.45) is 6.63. The number of benzene rings is 1. The third-order valence-corrected chi connectivity index (χ3v) is 11.2. The highest BCUT2D eigenvalue weighted by Crippen LogP contribution is 2.40. The van der Waals surface area contributed by atoms with Crippen molar-refractivity contribution in [1.82, 2.24) is 20.1 Å². The van der Waals surface area contributed by atoms with Crippen molar-refractivity contribution in [1.29, 1.82) is 0 Å². The minimum atomic E-state index is -3.55. The van der Waals surface area contributed by atoms with Crippen LogP contribution in [-0.2, 0) is 33.9 Å². The monoisotopic (exact) mass is 741 g/mol. The molecule has 2 heterocycles. The van der Waals surface area contributed by atoms with Crippen molar-refractivity contribution in [3.8, 4) is 11.3 Å². The summed E-state index contributed by atoms with van der Waals surface area (Å²) in [7, 11) is -3.55. The molecule has 52 heavy (non-hydrogen) atoms. The van der Waals surface area contributed by atoms with E-state index in [1.165, 1.54) is 4.90 Å². The number of primary amides is 1. The van der Waals surface area contributed by atoms with Gasteiger partial charge in [-0.25, -0.2) is 18.0 Å². The van der Waals surface area contributed by atoms with Gasteiger partial charge in [-0.2, -0.15) is 0 Å². The number of unbranched alkanes of at least 4 members (excludes halogenated alkanes) is 3. The minimum absolute atomic E-state index is 0.0145. The molecule has 15 nitrogen and oxygen atoms in total. The number of carbonyl (C=O) groups excluding carboxylic acids is 5. The molecule has 0 bridgehead atoms. The number of aromatic nitrogens is 1. The minimum Gasteiger partial charge on any atom is -0.457 e. The number of rotatable bonds is 17. The number of nitrogens with one attached hydrogen (secondary N) is 2. The van der Waals surface area contributed by atoms with Gasteiger partial charge in [0.25, 0.3) is 0 Å². The van der Waals surface area contributed by atoms with Gasteiger partial charge in [-0.1, -0.05) is 60.5 Å². The molecule has 3 fully saturated rings. The molecule has 0 radical (unpaired) electrons. The van der Waals surface area contributed by atoms with Crippen molar-refractivity contribution in [2.24, 2.45) is 17.6 Å². The Hall–Kier alpha value is -4.73. The number of esters is 1. The van der Waals surface area contributed by atoms with E-state index < -0.39 is 69.3 Å². The van der Waals surface area contributed by atoms with Crippen molar-refractivity contribution in [2.45, 2.75) is 108 Å². The first-order valence-corrected chi connectivity index (χ1v) is 19.3. The van der Waals surface area contributed by atoms with E-state index in [0.717, 1.165) is 6.42 Å². The third-order valence-electron chi connectivity index (χ3n) is 9.32. The van der Waals surface area contributed by atoms with Gasteiger partial charge >= 0.3 is 12.1 Å². The van der Waals surface area contributed by atoms with E-state index >= 15 is 0 Å². The second kappa shape index (κ2) is 16.7. The highest BCUT2D eigenvalue weighted by atomic mass is 32.2. The molecule has 2 aromatic rings. The predicted octanol–water partition coefficient (Wildman–Crippen LogP) is 3.52. The van der Waals surface area contributed by atoms with E-state index in [9.17, 15) is 32.4 Å². The number of carbonyl (C=O) groups is 5. The molecule has 2 aliphatic carbocycles. The van der Waals surface area contributed by atoms with Crippen molar-refractivity contribution in [3.63, 3.8) is 0 Å². The fourth-order valence-electron chi connectivity index (χ4n) is 6.32. The maximum atomic E-state index is 13.9. The van der Waals surface area contributed by atoms with E-state index in [2.05, 4.69) is 15.2 Å². The second-order valence-electron chi connectivity index (χ2n) is 13.9. The van der Waals surface area contributed by atoms with Gasteiger partial charge in [0.1, 0.15) is 35.2 Å². The van der Waals surface area contributed by atoms with Crippen LogP contribution in [0.5, 0.6) is 0 Å². The smallest absolute Gasteiger partial charge is 0.408 e. The average Bonchev–Trinajstić information content (AvgIpc) is 4.01. The molecule has 4 amide bonds. The molecular weight excluding hydrogens is 694 g/mol. The predicted molar refractivity (Wildman–Crippen MR) is 188 cm³/mol. The largest absolute Gasteiger partial charge is 0.457 e. The highest BCUT2D eigenvalue weighted by Gasteiger charge is 2.45. The Morgan fingerprint density at radius 3 is 2.48 bits per heavy atom. The molecule has 1 aromatic heterocycles. The van der Waals surface area contributed by atoms with Crippen LogP contribution >= 0.6 is 0 Å². The molecule has 5 rings (SSSR count). The number of nitrogens with zero attached hydrogens (tertiary/aromatic N) is 2. The molecule has 4 N–H and O–H groups in total. The summed E-state index contributed by atoms with van der Waals surface area (Å²) in [5.74, 6) is -2.53. The highest BCUT2D eigenvalue weighted by molar-refractivity contribution is 7.90. The Morgan fingerprint density at radius 1 is 1.08 bits per heavy atom. The normalized spacial score (nSPS) is 21.9. The number of alkyl carbamates (subject to hydrolysis) is 1. The topological polar surface area (TPSA) is 217 Å². The summed E-state index contributed by atoms with van der Waals surface area (Å²) in [6.45, 7) is 4.84. The summed E-state index contributed by atoms with van der Waals surface area (Å²) in [6, 6.07) is 6.89. The SMILES string of the molecule is Cc1onc(-c2ccccc2)c1C(=O)O[C@@H]1C[C@@H](C(N)=O)N(C(=O)[C@H](CCCCC/C=C\[C@@H]2C[C@@H]2C(=O)NS(=O)(=O)C2CC2)NC(=O)OC(C)C)C1. The summed E-state index contributed by atoms with van der Waals surface area (Å²) in [5.41, 5.74) is 6.80. The Balaban J connectivity index is 1.14. The van der Waals surface area contributed by atoms with Crippen LogP contribution in [0.3, 0.4) is 0 Å². The van der Waals surface area contributed by atoms with E-state index in [1.807, 2.05) is 18.2 Å². The zero-order valence-electron chi connectivity index (χ0n) is 29.6. The Bertz CT molecular complexity index is 1770. The lowest BCUT2D eigenvalue weighted by Crippen LogP contribution is -2.53. The molecule has 3 aliphatic rings. The lowest BCUT2D eigenvalue weighted by Gasteiger charge is -2.27. The molecule has 5 atom stereocenters. The third kappa shape index (κ3) is 9.98. The average molecular weight is 742 g/mol. The summed E-state index contributed by atoms with van der Waals surface area (Å²) in [5, 5.41) is 6.22. The second-order valence-corrected chi connectivity index (χ2v) is 15.9. The van der Waals surface area contributed by atoms with Gasteiger partial charge in [0.15, 0.2) is 0 Å². The number of hydrogen-bond donors (Lipinski definition) is 3. The first-order valence-electron chi connectivity index (χ1n) is 17.8. The molecule has 2 saturated carbocycles. The zero-order valence-corrected chi connectivity index (χ0v) is 30.4. The van der Waals surface area contributed by atoms with Gasteiger partial charge < -0.3 is 29.9 Å². The Labute approximate surface area is 303 Å². The van der Waals surface area contributed by atoms with Crippen LogP contribution in [0.1, 0.15) is 87.8 Å². The molecule has 0 spiro atoms. The molecule has 16 heteroatoms. The lowest BCUT2D eigenvalue weighted by atomic mass is 10.0. The first-order chi connectivity index (χ1) is 24.7. The van der Waals surface area contributed by atoms with E-state index in [-0.39, 0.29) is 42.5 Å². The van der Waals surface area contributed by atoms with Crippen molar-refractivity contribution in [2.75, 3.05) is 6.54 Å². The maximum Gasteiger partial charge on any atom is 0.408 e. The number of likely N-dealkylation sites (tertiary alicyclic amines) is 1. The maximum absolute atomic E-state index is 13.9. The zero-order chi connectivity index (χ0) is 37.6. The molecule has 1 aliphatic heterocycles. The van der Waals surface area contributed by atoms with Crippen LogP contribution < -0.4 is 15.8 Å². The van der Waals surface area contributed by atoms with Crippen LogP contribution in [0, 0.1) is 18.8 Å². The molecule has 282 valence electrons. The summed E-state index contributed by atoms with van der Waals surface area (Å²) < 4.78 is 42.6. The van der Waals surface area contributed by atoms with Crippen LogP contribution in [0.15, 0.2) is 47.0 Å². The van der Waals surface area contributed by atoms with Gasteiger partial charge in [0.05, 0.1) is 17.9 Å². The Kier molecular flexibility index (Phi) is 12.4. The van der Waals surface area contributed by atoms with E-state index in [0.29, 0.717) is 49.8 Å². The van der Waals surface area contributed by atoms with Crippen LogP contribution in [-0.4, -0.2) is 84.3 Å². The quantitative estimate of drug-likeness (QED) is 0.121. The molecule has 0 unspecified atom stereocenters. The Morgan fingerprint density at radius 2 is 1.81 bits per heavy atom. The fraction of sp³-hybridized carbons (Fsp3) is 0.556. The molecule has 1 saturated heterocycles. The van der Waals surface area contributed by atoms with Crippen molar-refractivity contribution < 1.29 is 46.4 Å². The van der Waals surface area contributed by atoms with E-state index in [4.69, 9.17) is 19.7 Å². The van der Waals surface area contributed by atoms with Crippen molar-refractivity contribution in [3.05, 3.63) is 53.8 Å². The van der Waals surface area contributed by atoms with Gasteiger partial charge in [-0.15, -0.1) is 0 Å². The number of aryl methyl sites for hydroxylation is 1. The summed E-state index contributed by atoms with van der Waals surface area (Å²) in [4.78, 5) is 65.9. The van der Waals surface area contributed by atoms with Crippen LogP contribution in [0.25, 0.3) is 11.3 Å². The van der Waals surface area contributed by atoms with Crippen molar-refractivity contribution >= 4 is 39.8 Å². The summed E-state index contributed by atoms with van der Waals surface area (Å²) >= 11 is 0. The number of hydrogen-bond acceptors (Lipinski definition) is 11. The van der Waals surface area contributed by atoms with Gasteiger partial charge in [0.2, 0.25) is 27.7 Å². The lowest BCUT2D eigenvalue weighted by molar-refractivity contribution is -0.139. The van der Waals surface area contributed by atoms with Gasteiger partial charge in [-0.05, 0) is 65.2 Å². The van der Waals surface area contributed by atoms with Gasteiger partial charge in [0, 0.05) is 17.9 Å². The number of sulfonamides is 1. The van der Waals surface area contributed by atoms with Gasteiger partial charge in [-0.3, -0.25) is 19.1 Å². The molecular formula is C36H47N5O10S. The van der Waals surface area contributed by atoms with Crippen LogP contribution in [0.2, 0.25) is 0 Å². The standard InChI is InChI=1S/C36H47N5O10S/c1-21(2)49-36(46)38-28(15-11-6-4-5-8-14-24-18-27(24)33(43)40-52(47,48)26-16-17-26)34(44)41-20-25(19-29(41)32(37)42)50-35(45)30-22(3)51-39-31(30)23-12-9-7-10-13-23/h7-10,12-14,21,24-29H,4-6,11,15-20H2,1-3H3,(H2,37,42)(H,38,46)(H,40,43)/b14-8-/t24-,25-,27+,28+,29+/m1/s1. The number of nitrogens with two attached hydrogens (primary N) is 1. The first kappa shape index (κ1) is 38.5. The fourth-order valence-corrected chi connectivity index (χ4v) is 7.68. The molecule has 1 aromatic carbocycles. The van der Waals surface area contributed by atoms with E-state index in [1.54, 1.807) is 45.0 Å². The number of amides is 4. The number of ether oxygens (including phenoxy) is 2. The van der Waals surface area contributed by atoms with Crippen LogP contribution in [0.4, 0.5) is 4.79 Å².